The molecular weight excluding hydrogens is 280 g/mol. The fourth-order valence-corrected chi connectivity index (χ4v) is 1.90. The fraction of sp³-hybridized carbons (Fsp3) is 0.133. The summed E-state index contributed by atoms with van der Waals surface area (Å²) in [5, 5.41) is 0.454. The first-order valence-electron chi connectivity index (χ1n) is 5.90. The number of hydrogen-bond acceptors (Lipinski definition) is 3. The van der Waals surface area contributed by atoms with Crippen molar-refractivity contribution in [2.75, 3.05) is 0 Å². The van der Waals surface area contributed by atoms with Crippen molar-refractivity contribution in [1.82, 2.24) is 0 Å². The molecule has 0 aliphatic carbocycles. The van der Waals surface area contributed by atoms with Gasteiger partial charge in [0.2, 0.25) is 0 Å². The van der Waals surface area contributed by atoms with Crippen LogP contribution in [0.4, 0.5) is 0 Å². The van der Waals surface area contributed by atoms with Crippen molar-refractivity contribution in [3.8, 4) is 5.75 Å². The van der Waals surface area contributed by atoms with Crippen LogP contribution in [0.1, 0.15) is 22.8 Å². The number of thiol groups is 1. The highest BCUT2D eigenvalue weighted by Gasteiger charge is 2.09. The Morgan fingerprint density at radius 2 is 1.89 bits per heavy atom. The quantitative estimate of drug-likeness (QED) is 0.515. The SMILES string of the molecule is CCc1ccc(C(=O)Oc2ccc(S)c(Cl)c2)cc1. The molecule has 19 heavy (non-hydrogen) atoms. The molecule has 0 bridgehead atoms. The van der Waals surface area contributed by atoms with Crippen molar-refractivity contribution in [3.63, 3.8) is 0 Å². The van der Waals surface area contributed by atoms with Gasteiger partial charge >= 0.3 is 5.97 Å². The molecule has 0 radical (unpaired) electrons. The first-order chi connectivity index (χ1) is 9.10. The van der Waals surface area contributed by atoms with Crippen LogP contribution in [0, 0.1) is 0 Å². The van der Waals surface area contributed by atoms with Gasteiger partial charge in [0, 0.05) is 11.0 Å². The number of rotatable bonds is 3. The summed E-state index contributed by atoms with van der Waals surface area (Å²) in [6.45, 7) is 2.06. The molecule has 2 aromatic rings. The number of hydrogen-bond donors (Lipinski definition) is 1. The lowest BCUT2D eigenvalue weighted by molar-refractivity contribution is 0.0734. The molecule has 98 valence electrons. The summed E-state index contributed by atoms with van der Waals surface area (Å²) in [4.78, 5) is 12.6. The third-order valence-electron chi connectivity index (χ3n) is 2.73. The van der Waals surface area contributed by atoms with E-state index in [-0.39, 0.29) is 0 Å². The molecule has 0 heterocycles. The van der Waals surface area contributed by atoms with Gasteiger partial charge in [-0.3, -0.25) is 0 Å². The third-order valence-corrected chi connectivity index (χ3v) is 3.56. The molecule has 0 saturated heterocycles. The zero-order valence-electron chi connectivity index (χ0n) is 10.4. The van der Waals surface area contributed by atoms with Crippen LogP contribution in [0.3, 0.4) is 0 Å². The smallest absolute Gasteiger partial charge is 0.343 e. The van der Waals surface area contributed by atoms with Crippen molar-refractivity contribution in [2.45, 2.75) is 18.2 Å². The van der Waals surface area contributed by atoms with E-state index in [1.807, 2.05) is 12.1 Å². The Hall–Kier alpha value is -1.45. The third kappa shape index (κ3) is 3.52. The molecule has 0 aromatic heterocycles. The summed E-state index contributed by atoms with van der Waals surface area (Å²) in [6, 6.07) is 12.3. The van der Waals surface area contributed by atoms with Gasteiger partial charge in [-0.25, -0.2) is 4.79 Å². The Bertz CT molecular complexity index is 594. The molecule has 0 aliphatic rings. The van der Waals surface area contributed by atoms with Crippen molar-refractivity contribution in [2.24, 2.45) is 0 Å². The lowest BCUT2D eigenvalue weighted by Gasteiger charge is -2.06. The van der Waals surface area contributed by atoms with Crippen LogP contribution < -0.4 is 4.74 Å². The molecule has 0 N–H and O–H groups in total. The van der Waals surface area contributed by atoms with Crippen molar-refractivity contribution in [3.05, 3.63) is 58.6 Å². The Labute approximate surface area is 122 Å². The standard InChI is InChI=1S/C15H13ClO2S/c1-2-10-3-5-11(6-4-10)15(17)18-12-7-8-14(19)13(16)9-12/h3-9,19H,2H2,1H3. The lowest BCUT2D eigenvalue weighted by Crippen LogP contribution is -2.08. The van der Waals surface area contributed by atoms with Crippen LogP contribution >= 0.6 is 24.2 Å². The molecule has 2 nitrogen and oxygen atoms in total. The molecule has 2 aromatic carbocycles. The van der Waals surface area contributed by atoms with Gasteiger partial charge in [-0.15, -0.1) is 12.6 Å². The second-order valence-corrected chi connectivity index (χ2v) is 4.94. The van der Waals surface area contributed by atoms with E-state index in [0.717, 1.165) is 6.42 Å². The van der Waals surface area contributed by atoms with E-state index < -0.39 is 5.97 Å². The minimum atomic E-state index is -0.398. The number of benzene rings is 2. The van der Waals surface area contributed by atoms with Gasteiger partial charge in [-0.2, -0.15) is 0 Å². The predicted octanol–water partition coefficient (Wildman–Crippen LogP) is 4.41. The summed E-state index contributed by atoms with van der Waals surface area (Å²) < 4.78 is 5.25. The normalized spacial score (nSPS) is 10.3. The fourth-order valence-electron chi connectivity index (χ4n) is 1.59. The molecular formula is C15H13ClO2S. The van der Waals surface area contributed by atoms with Gasteiger partial charge < -0.3 is 4.74 Å². The zero-order valence-corrected chi connectivity index (χ0v) is 12.0. The lowest BCUT2D eigenvalue weighted by atomic mass is 10.1. The average Bonchev–Trinajstić information content (AvgIpc) is 2.43. The van der Waals surface area contributed by atoms with Gasteiger partial charge in [-0.1, -0.05) is 30.7 Å². The van der Waals surface area contributed by atoms with E-state index in [4.69, 9.17) is 16.3 Å². The number of halogens is 1. The van der Waals surface area contributed by atoms with E-state index in [1.165, 1.54) is 5.56 Å². The molecule has 0 fully saturated rings. The molecule has 4 heteroatoms. The van der Waals surface area contributed by atoms with Crippen molar-refractivity contribution in [1.29, 1.82) is 0 Å². The maximum absolute atomic E-state index is 11.9. The number of esters is 1. The molecule has 0 unspecified atom stereocenters. The highest BCUT2D eigenvalue weighted by Crippen LogP contribution is 2.25. The van der Waals surface area contributed by atoms with E-state index in [9.17, 15) is 4.79 Å². The Morgan fingerprint density at radius 3 is 2.47 bits per heavy atom. The summed E-state index contributed by atoms with van der Waals surface area (Å²) in [5.74, 6) is 0.0120. The van der Waals surface area contributed by atoms with Crippen molar-refractivity contribution < 1.29 is 9.53 Å². The van der Waals surface area contributed by atoms with Gasteiger partial charge in [0.25, 0.3) is 0 Å². The van der Waals surface area contributed by atoms with Gasteiger partial charge in [-0.05, 0) is 36.2 Å². The monoisotopic (exact) mass is 292 g/mol. The van der Waals surface area contributed by atoms with Gasteiger partial charge in [0.15, 0.2) is 0 Å². The largest absolute Gasteiger partial charge is 0.423 e. The topological polar surface area (TPSA) is 26.3 Å². The second-order valence-electron chi connectivity index (χ2n) is 4.05. The number of ether oxygens (including phenoxy) is 1. The first-order valence-corrected chi connectivity index (χ1v) is 6.72. The molecule has 0 saturated carbocycles. The number of aryl methyl sites for hydroxylation is 1. The highest BCUT2D eigenvalue weighted by molar-refractivity contribution is 7.80. The molecule has 0 amide bonds. The Morgan fingerprint density at radius 1 is 1.21 bits per heavy atom. The Kier molecular flexibility index (Phi) is 4.51. The van der Waals surface area contributed by atoms with Gasteiger partial charge in [0.1, 0.15) is 5.75 Å². The van der Waals surface area contributed by atoms with Crippen LogP contribution in [-0.2, 0) is 6.42 Å². The van der Waals surface area contributed by atoms with Crippen LogP contribution in [0.25, 0.3) is 0 Å². The van der Waals surface area contributed by atoms with Crippen molar-refractivity contribution >= 4 is 30.2 Å². The number of carbonyl (C=O) groups excluding carboxylic acids is 1. The molecule has 0 spiro atoms. The summed E-state index contributed by atoms with van der Waals surface area (Å²) in [5.41, 5.74) is 1.70. The minimum absolute atomic E-state index is 0.398. The van der Waals surface area contributed by atoms with E-state index in [0.29, 0.717) is 21.2 Å². The predicted molar refractivity (Wildman–Crippen MR) is 79.5 cm³/mol. The average molecular weight is 293 g/mol. The Balaban J connectivity index is 2.13. The van der Waals surface area contributed by atoms with E-state index >= 15 is 0 Å². The summed E-state index contributed by atoms with van der Waals surface area (Å²) in [7, 11) is 0. The second kappa shape index (κ2) is 6.13. The molecule has 0 aliphatic heterocycles. The van der Waals surface area contributed by atoms with Gasteiger partial charge in [0.05, 0.1) is 10.6 Å². The van der Waals surface area contributed by atoms with E-state index in [2.05, 4.69) is 19.6 Å². The number of carbonyl (C=O) groups is 1. The maximum atomic E-state index is 11.9. The minimum Gasteiger partial charge on any atom is -0.423 e. The summed E-state index contributed by atoms with van der Waals surface area (Å²) >= 11 is 10.1. The van der Waals surface area contributed by atoms with E-state index in [1.54, 1.807) is 30.3 Å². The maximum Gasteiger partial charge on any atom is 0.343 e. The summed E-state index contributed by atoms with van der Waals surface area (Å²) in [6.07, 6.45) is 0.939. The van der Waals surface area contributed by atoms with Crippen LogP contribution in [0.5, 0.6) is 5.75 Å². The molecule has 2 rings (SSSR count). The van der Waals surface area contributed by atoms with Crippen LogP contribution in [0.15, 0.2) is 47.4 Å². The highest BCUT2D eigenvalue weighted by atomic mass is 35.5. The van der Waals surface area contributed by atoms with Crippen LogP contribution in [-0.4, -0.2) is 5.97 Å². The zero-order chi connectivity index (χ0) is 13.8. The first kappa shape index (κ1) is 14.0. The van der Waals surface area contributed by atoms with Crippen LogP contribution in [0.2, 0.25) is 5.02 Å². The molecule has 0 atom stereocenters.